The van der Waals surface area contributed by atoms with Crippen LogP contribution in [0.3, 0.4) is 0 Å². The van der Waals surface area contributed by atoms with Crippen LogP contribution in [0.25, 0.3) is 78.0 Å². The third-order valence-corrected chi connectivity index (χ3v) is 8.40. The number of hydrogen-bond donors (Lipinski definition) is 0. The van der Waals surface area contributed by atoms with Gasteiger partial charge in [0.1, 0.15) is 0 Å². The van der Waals surface area contributed by atoms with Gasteiger partial charge in [-0.3, -0.25) is 0 Å². The lowest BCUT2D eigenvalue weighted by molar-refractivity contribution is 1.07. The van der Waals surface area contributed by atoms with Crippen LogP contribution in [-0.4, -0.2) is 15.0 Å². The highest BCUT2D eigenvalue weighted by Gasteiger charge is 2.17. The van der Waals surface area contributed by atoms with Gasteiger partial charge in [-0.25, -0.2) is 15.0 Å². The summed E-state index contributed by atoms with van der Waals surface area (Å²) in [5.74, 6) is 1.97. The number of aromatic nitrogens is 3. The Hall–Kier alpha value is -5.93. The van der Waals surface area contributed by atoms with Gasteiger partial charge in [-0.15, -0.1) is 0 Å². The first-order chi connectivity index (χ1) is 22.2. The second kappa shape index (κ2) is 11.3. The van der Waals surface area contributed by atoms with E-state index in [9.17, 15) is 0 Å². The Kier molecular flexibility index (Phi) is 6.69. The number of nitrogens with zero attached hydrogens (tertiary/aromatic N) is 3. The molecule has 0 aliphatic carbocycles. The molecule has 3 nitrogen and oxygen atoms in total. The first kappa shape index (κ1) is 26.7. The molecule has 0 amide bonds. The molecule has 0 saturated heterocycles. The summed E-state index contributed by atoms with van der Waals surface area (Å²) in [6.07, 6.45) is 0. The van der Waals surface area contributed by atoms with E-state index in [2.05, 4.69) is 104 Å². The zero-order chi connectivity index (χ0) is 30.2. The maximum Gasteiger partial charge on any atom is 0.164 e. The van der Waals surface area contributed by atoms with E-state index >= 15 is 0 Å². The van der Waals surface area contributed by atoms with Crippen molar-refractivity contribution in [3.63, 3.8) is 0 Å². The molecular weight excluding hydrogens is 546 g/mol. The molecule has 0 unspecified atom stereocenters. The molecule has 0 fully saturated rings. The molecular formula is C42H29N3. The Balaban J connectivity index is 1.29. The minimum Gasteiger partial charge on any atom is -0.208 e. The summed E-state index contributed by atoms with van der Waals surface area (Å²) in [6, 6.07) is 55.2. The fourth-order valence-corrected chi connectivity index (χ4v) is 6.19. The van der Waals surface area contributed by atoms with Crippen LogP contribution in [0.4, 0.5) is 0 Å². The number of hydrogen-bond acceptors (Lipinski definition) is 3. The summed E-state index contributed by atoms with van der Waals surface area (Å²) >= 11 is 0. The van der Waals surface area contributed by atoms with E-state index in [-0.39, 0.29) is 0 Å². The molecule has 1 heterocycles. The predicted molar refractivity (Wildman–Crippen MR) is 187 cm³/mol. The smallest absolute Gasteiger partial charge is 0.164 e. The van der Waals surface area contributed by atoms with Crippen molar-refractivity contribution in [1.29, 1.82) is 0 Å². The maximum atomic E-state index is 4.93. The van der Waals surface area contributed by atoms with Crippen LogP contribution in [0.15, 0.2) is 158 Å². The van der Waals surface area contributed by atoms with Crippen LogP contribution in [0.2, 0.25) is 0 Å². The molecule has 8 aromatic rings. The van der Waals surface area contributed by atoms with Gasteiger partial charge in [-0.05, 0) is 50.7 Å². The Morgan fingerprint density at radius 2 is 0.578 bits per heavy atom. The maximum absolute atomic E-state index is 4.93. The summed E-state index contributed by atoms with van der Waals surface area (Å²) in [5, 5.41) is 4.96. The van der Waals surface area contributed by atoms with Crippen molar-refractivity contribution >= 4 is 21.5 Å². The molecule has 0 N–H and O–H groups in total. The molecule has 0 radical (unpaired) electrons. The van der Waals surface area contributed by atoms with E-state index in [1.807, 2.05) is 60.7 Å². The fourth-order valence-electron chi connectivity index (χ4n) is 6.19. The van der Waals surface area contributed by atoms with E-state index in [0.29, 0.717) is 17.5 Å². The number of benzene rings is 7. The largest absolute Gasteiger partial charge is 0.208 e. The van der Waals surface area contributed by atoms with Gasteiger partial charge in [0.15, 0.2) is 17.5 Å². The summed E-state index contributed by atoms with van der Waals surface area (Å²) in [7, 11) is 0. The lowest BCUT2D eigenvalue weighted by Crippen LogP contribution is -2.00. The molecule has 8 rings (SSSR count). The third-order valence-electron chi connectivity index (χ3n) is 8.40. The van der Waals surface area contributed by atoms with Gasteiger partial charge in [0.05, 0.1) is 0 Å². The predicted octanol–water partition coefficient (Wildman–Crippen LogP) is 10.8. The molecule has 0 spiro atoms. The van der Waals surface area contributed by atoms with E-state index in [1.54, 1.807) is 0 Å². The van der Waals surface area contributed by atoms with Gasteiger partial charge in [-0.2, -0.15) is 0 Å². The second-order valence-electron chi connectivity index (χ2n) is 11.3. The van der Waals surface area contributed by atoms with Crippen molar-refractivity contribution in [3.8, 4) is 56.4 Å². The molecule has 0 bridgehead atoms. The van der Waals surface area contributed by atoms with Crippen molar-refractivity contribution < 1.29 is 0 Å². The summed E-state index contributed by atoms with van der Waals surface area (Å²) < 4.78 is 0. The zero-order valence-electron chi connectivity index (χ0n) is 24.9. The average Bonchev–Trinajstić information content (AvgIpc) is 3.12. The first-order valence-electron chi connectivity index (χ1n) is 15.2. The lowest BCUT2D eigenvalue weighted by Gasteiger charge is -2.18. The Morgan fingerprint density at radius 1 is 0.289 bits per heavy atom. The van der Waals surface area contributed by atoms with Crippen LogP contribution in [0, 0.1) is 6.92 Å². The highest BCUT2D eigenvalue weighted by molar-refractivity contribution is 6.21. The quantitative estimate of drug-likeness (QED) is 0.192. The van der Waals surface area contributed by atoms with E-state index in [4.69, 9.17) is 15.0 Å². The number of aryl methyl sites for hydroxylation is 1. The van der Waals surface area contributed by atoms with E-state index in [1.165, 1.54) is 43.8 Å². The molecule has 1 aromatic heterocycles. The van der Waals surface area contributed by atoms with Gasteiger partial charge in [-0.1, -0.05) is 163 Å². The van der Waals surface area contributed by atoms with Crippen molar-refractivity contribution in [2.45, 2.75) is 6.92 Å². The molecule has 212 valence electrons. The highest BCUT2D eigenvalue weighted by atomic mass is 15.0. The summed E-state index contributed by atoms with van der Waals surface area (Å²) in [5.41, 5.74) is 9.01. The minimum atomic E-state index is 0.652. The van der Waals surface area contributed by atoms with Crippen molar-refractivity contribution in [2.75, 3.05) is 0 Å². The van der Waals surface area contributed by atoms with Crippen LogP contribution in [-0.2, 0) is 0 Å². The highest BCUT2D eigenvalue weighted by Crippen LogP contribution is 2.43. The van der Waals surface area contributed by atoms with Gasteiger partial charge in [0.2, 0.25) is 0 Å². The Morgan fingerprint density at radius 3 is 0.956 bits per heavy atom. The van der Waals surface area contributed by atoms with Gasteiger partial charge in [0.25, 0.3) is 0 Å². The monoisotopic (exact) mass is 575 g/mol. The van der Waals surface area contributed by atoms with Crippen LogP contribution in [0.5, 0.6) is 0 Å². The lowest BCUT2D eigenvalue weighted by atomic mass is 9.86. The van der Waals surface area contributed by atoms with Crippen molar-refractivity contribution in [2.24, 2.45) is 0 Å². The van der Waals surface area contributed by atoms with Gasteiger partial charge in [0, 0.05) is 16.7 Å². The standard InChI is InChI=1S/C42H29N3/c1-28-20-22-29(23-21-28)38-34-16-8-10-18-36(34)39(37-19-11-9-17-35(37)38)30-24-26-33(27-25-30)42-44-40(31-12-4-2-5-13-31)43-41(45-42)32-14-6-3-7-15-32/h2-27H,1H3. The van der Waals surface area contributed by atoms with Crippen LogP contribution in [0.1, 0.15) is 5.56 Å². The normalized spacial score (nSPS) is 11.2. The summed E-state index contributed by atoms with van der Waals surface area (Å²) in [6.45, 7) is 2.13. The second-order valence-corrected chi connectivity index (χ2v) is 11.3. The molecule has 7 aromatic carbocycles. The molecule has 0 saturated carbocycles. The van der Waals surface area contributed by atoms with E-state index in [0.717, 1.165) is 22.3 Å². The molecule has 0 atom stereocenters. The van der Waals surface area contributed by atoms with Crippen LogP contribution < -0.4 is 0 Å². The molecule has 3 heteroatoms. The van der Waals surface area contributed by atoms with Gasteiger partial charge < -0.3 is 0 Å². The van der Waals surface area contributed by atoms with Crippen LogP contribution >= 0.6 is 0 Å². The number of rotatable bonds is 5. The minimum absolute atomic E-state index is 0.652. The Bertz CT molecular complexity index is 2180. The van der Waals surface area contributed by atoms with Gasteiger partial charge >= 0.3 is 0 Å². The van der Waals surface area contributed by atoms with Crippen molar-refractivity contribution in [1.82, 2.24) is 15.0 Å². The van der Waals surface area contributed by atoms with Crippen molar-refractivity contribution in [3.05, 3.63) is 163 Å². The number of fused-ring (bicyclic) bond motifs is 2. The molecule has 45 heavy (non-hydrogen) atoms. The fraction of sp³-hybridized carbons (Fsp3) is 0.0238. The molecule has 0 aliphatic rings. The third kappa shape index (κ3) is 4.95. The zero-order valence-corrected chi connectivity index (χ0v) is 24.9. The van der Waals surface area contributed by atoms with E-state index < -0.39 is 0 Å². The first-order valence-corrected chi connectivity index (χ1v) is 15.2. The average molecular weight is 576 g/mol. The summed E-state index contributed by atoms with van der Waals surface area (Å²) in [4.78, 5) is 14.7. The molecule has 0 aliphatic heterocycles. The topological polar surface area (TPSA) is 38.7 Å². The SMILES string of the molecule is Cc1ccc(-c2c3ccccc3c(-c3ccc(-c4nc(-c5ccccc5)nc(-c5ccccc5)n4)cc3)c3ccccc23)cc1. The Labute approximate surface area is 262 Å².